The number of rotatable bonds is 4. The third kappa shape index (κ3) is 2.45. The Morgan fingerprint density at radius 3 is 2.17 bits per heavy atom. The fourth-order valence-electron chi connectivity index (χ4n) is 0.683. The first kappa shape index (κ1) is 10.8. The summed E-state index contributed by atoms with van der Waals surface area (Å²) < 4.78 is 0. The smallest absolute Gasteiger partial charge is 0.190 e. The van der Waals surface area contributed by atoms with Crippen molar-refractivity contribution >= 4 is 17.3 Å². The lowest BCUT2D eigenvalue weighted by Gasteiger charge is -2.02. The van der Waals surface area contributed by atoms with Crippen molar-refractivity contribution in [2.45, 2.75) is 27.2 Å². The second-order valence-corrected chi connectivity index (χ2v) is 2.74. The van der Waals surface area contributed by atoms with E-state index in [0.29, 0.717) is 0 Å². The standard InChI is InChI=1S/C8H13NO3/c1-4-6(10)7(9-12)8(11)5(2)3/h5,12H,4H2,1-3H3/b9-7+. The van der Waals surface area contributed by atoms with Crippen LogP contribution in [0.15, 0.2) is 5.16 Å². The number of Topliss-reactive ketones (excluding diaryl/α,β-unsaturated/α-hetero) is 2. The highest BCUT2D eigenvalue weighted by atomic mass is 16.4. The maximum Gasteiger partial charge on any atom is 0.190 e. The van der Waals surface area contributed by atoms with Crippen molar-refractivity contribution in [3.8, 4) is 0 Å². The molecule has 0 aliphatic carbocycles. The molecule has 68 valence electrons. The van der Waals surface area contributed by atoms with Crippen molar-refractivity contribution in [1.29, 1.82) is 0 Å². The van der Waals surface area contributed by atoms with Crippen molar-refractivity contribution in [2.24, 2.45) is 11.1 Å². The summed E-state index contributed by atoms with van der Waals surface area (Å²) in [5.74, 6) is -1.15. The summed E-state index contributed by atoms with van der Waals surface area (Å²) in [5, 5.41) is 11.1. The molecule has 0 rings (SSSR count). The van der Waals surface area contributed by atoms with Gasteiger partial charge in [-0.05, 0) is 0 Å². The molecule has 0 bridgehead atoms. The molecule has 0 radical (unpaired) electrons. The van der Waals surface area contributed by atoms with Crippen molar-refractivity contribution < 1.29 is 14.8 Å². The van der Waals surface area contributed by atoms with Crippen LogP contribution in [0.4, 0.5) is 0 Å². The van der Waals surface area contributed by atoms with Gasteiger partial charge in [0.2, 0.25) is 0 Å². The van der Waals surface area contributed by atoms with Crippen LogP contribution in [0.5, 0.6) is 0 Å². The van der Waals surface area contributed by atoms with Gasteiger partial charge in [0.15, 0.2) is 17.3 Å². The van der Waals surface area contributed by atoms with E-state index in [0.717, 1.165) is 0 Å². The maximum absolute atomic E-state index is 11.2. The fraction of sp³-hybridized carbons (Fsp3) is 0.625. The zero-order valence-electron chi connectivity index (χ0n) is 7.50. The SMILES string of the molecule is CCC(=O)/C(=N\O)C(=O)C(C)C. The van der Waals surface area contributed by atoms with Crippen LogP contribution in [0.3, 0.4) is 0 Å². The van der Waals surface area contributed by atoms with Gasteiger partial charge in [0.05, 0.1) is 0 Å². The maximum atomic E-state index is 11.2. The van der Waals surface area contributed by atoms with E-state index in [4.69, 9.17) is 5.21 Å². The van der Waals surface area contributed by atoms with E-state index in [1.807, 2.05) is 0 Å². The third-order valence-corrected chi connectivity index (χ3v) is 1.44. The van der Waals surface area contributed by atoms with Crippen molar-refractivity contribution in [3.05, 3.63) is 0 Å². The number of carbonyl (C=O) groups excluding carboxylic acids is 2. The first-order valence-electron chi connectivity index (χ1n) is 3.84. The lowest BCUT2D eigenvalue weighted by molar-refractivity contribution is -0.118. The molecule has 0 heterocycles. The molecule has 0 aromatic carbocycles. The Kier molecular flexibility index (Phi) is 4.18. The summed E-state index contributed by atoms with van der Waals surface area (Å²) in [5.41, 5.74) is -0.340. The molecule has 0 unspecified atom stereocenters. The molecular formula is C8H13NO3. The van der Waals surface area contributed by atoms with E-state index in [1.165, 1.54) is 0 Å². The molecule has 4 heteroatoms. The Morgan fingerprint density at radius 2 is 1.92 bits per heavy atom. The molecule has 0 aromatic heterocycles. The normalized spacial score (nSPS) is 11.8. The topological polar surface area (TPSA) is 66.7 Å². The predicted octanol–water partition coefficient (Wildman–Crippen LogP) is 1.02. The van der Waals surface area contributed by atoms with E-state index in [1.54, 1.807) is 20.8 Å². The van der Waals surface area contributed by atoms with Gasteiger partial charge in [-0.15, -0.1) is 0 Å². The minimum atomic E-state index is -0.420. The van der Waals surface area contributed by atoms with Crippen LogP contribution in [0.1, 0.15) is 27.2 Å². The van der Waals surface area contributed by atoms with Crippen molar-refractivity contribution in [3.63, 3.8) is 0 Å². The predicted molar refractivity (Wildman–Crippen MR) is 44.4 cm³/mol. The van der Waals surface area contributed by atoms with Crippen molar-refractivity contribution in [2.75, 3.05) is 0 Å². The van der Waals surface area contributed by atoms with E-state index in [2.05, 4.69) is 5.16 Å². The van der Waals surface area contributed by atoms with Gasteiger partial charge >= 0.3 is 0 Å². The summed E-state index contributed by atoms with van der Waals surface area (Å²) in [6.07, 6.45) is 0.178. The van der Waals surface area contributed by atoms with Gasteiger partial charge in [-0.2, -0.15) is 0 Å². The van der Waals surface area contributed by atoms with Gasteiger partial charge in [-0.1, -0.05) is 25.9 Å². The Morgan fingerprint density at radius 1 is 1.42 bits per heavy atom. The molecule has 0 saturated carbocycles. The molecule has 0 fully saturated rings. The molecule has 0 atom stereocenters. The third-order valence-electron chi connectivity index (χ3n) is 1.44. The Hall–Kier alpha value is -1.19. The first-order valence-corrected chi connectivity index (χ1v) is 3.84. The number of hydrogen-bond donors (Lipinski definition) is 1. The lowest BCUT2D eigenvalue weighted by Crippen LogP contribution is -2.27. The summed E-state index contributed by atoms with van der Waals surface area (Å²) >= 11 is 0. The molecule has 4 nitrogen and oxygen atoms in total. The molecule has 0 amide bonds. The average molecular weight is 171 g/mol. The molecule has 1 N–H and O–H groups in total. The van der Waals surface area contributed by atoms with Crippen LogP contribution in [-0.2, 0) is 9.59 Å². The van der Waals surface area contributed by atoms with Crippen LogP contribution >= 0.6 is 0 Å². The van der Waals surface area contributed by atoms with Crippen LogP contribution in [0.2, 0.25) is 0 Å². The summed E-state index contributed by atoms with van der Waals surface area (Å²) in [7, 11) is 0. The average Bonchev–Trinajstić information content (AvgIpc) is 2.05. The fourth-order valence-corrected chi connectivity index (χ4v) is 0.683. The van der Waals surface area contributed by atoms with Gasteiger partial charge < -0.3 is 5.21 Å². The zero-order valence-corrected chi connectivity index (χ0v) is 7.50. The second-order valence-electron chi connectivity index (χ2n) is 2.74. The quantitative estimate of drug-likeness (QED) is 0.297. The Balaban J connectivity index is 4.60. The Labute approximate surface area is 71.3 Å². The minimum Gasteiger partial charge on any atom is -0.410 e. The van der Waals surface area contributed by atoms with Crippen LogP contribution in [0, 0.1) is 5.92 Å². The van der Waals surface area contributed by atoms with Crippen LogP contribution in [-0.4, -0.2) is 22.5 Å². The number of nitrogens with zero attached hydrogens (tertiary/aromatic N) is 1. The highest BCUT2D eigenvalue weighted by Gasteiger charge is 2.21. The van der Waals surface area contributed by atoms with E-state index >= 15 is 0 Å². The summed E-state index contributed by atoms with van der Waals surface area (Å²) in [4.78, 5) is 22.1. The second kappa shape index (κ2) is 4.64. The molecule has 0 spiro atoms. The largest absolute Gasteiger partial charge is 0.410 e. The number of ketones is 2. The zero-order chi connectivity index (χ0) is 9.72. The lowest BCUT2D eigenvalue weighted by atomic mass is 10.0. The monoisotopic (exact) mass is 171 g/mol. The van der Waals surface area contributed by atoms with Gasteiger partial charge in [-0.25, -0.2) is 0 Å². The molecule has 0 aromatic rings. The van der Waals surface area contributed by atoms with Gasteiger partial charge in [0, 0.05) is 12.3 Å². The van der Waals surface area contributed by atoms with E-state index in [-0.39, 0.29) is 18.1 Å². The molecule has 12 heavy (non-hydrogen) atoms. The molecule has 0 aliphatic heterocycles. The highest BCUT2D eigenvalue weighted by Crippen LogP contribution is 1.99. The Bertz CT molecular complexity index is 218. The summed E-state index contributed by atoms with van der Waals surface area (Å²) in [6, 6.07) is 0. The summed E-state index contributed by atoms with van der Waals surface area (Å²) in [6.45, 7) is 4.91. The number of oxime groups is 1. The molecular weight excluding hydrogens is 158 g/mol. The molecule has 0 aliphatic rings. The number of hydrogen-bond acceptors (Lipinski definition) is 4. The van der Waals surface area contributed by atoms with Crippen LogP contribution < -0.4 is 0 Å². The van der Waals surface area contributed by atoms with E-state index in [9.17, 15) is 9.59 Å². The number of carbonyl (C=O) groups is 2. The van der Waals surface area contributed by atoms with E-state index < -0.39 is 11.6 Å². The van der Waals surface area contributed by atoms with Crippen molar-refractivity contribution in [1.82, 2.24) is 0 Å². The van der Waals surface area contributed by atoms with Crippen LogP contribution in [0.25, 0.3) is 0 Å². The van der Waals surface area contributed by atoms with Gasteiger partial charge in [0.25, 0.3) is 0 Å². The highest BCUT2D eigenvalue weighted by molar-refractivity contribution is 6.66. The van der Waals surface area contributed by atoms with Gasteiger partial charge in [-0.3, -0.25) is 9.59 Å². The minimum absolute atomic E-state index is 0.178. The first-order chi connectivity index (χ1) is 5.54. The van der Waals surface area contributed by atoms with Gasteiger partial charge in [0.1, 0.15) is 0 Å². The molecule has 0 saturated heterocycles.